The van der Waals surface area contributed by atoms with Crippen LogP contribution in [0.25, 0.3) is 0 Å². The summed E-state index contributed by atoms with van der Waals surface area (Å²) in [6, 6.07) is 4.95. The molecule has 4 atom stereocenters. The molecule has 0 bridgehead atoms. The maximum atomic E-state index is 13.8. The molecule has 0 aliphatic carbocycles. The second-order valence-corrected chi connectivity index (χ2v) is 13.1. The van der Waals surface area contributed by atoms with Crippen LogP contribution in [0, 0.1) is 11.3 Å². The SMILES string of the molecule is CC(C)CC(NC(=O)c1ccc(N2CCNCC2)cc1)C(=O)N1CCC2C1C(=O)CN2C(=O)C(N)CC(C)(C)C. The number of nitrogens with one attached hydrogen (secondary N) is 2. The Bertz CT molecular complexity index is 1090. The smallest absolute Gasteiger partial charge is 0.251 e. The van der Waals surface area contributed by atoms with Gasteiger partial charge in [0.15, 0.2) is 5.78 Å². The van der Waals surface area contributed by atoms with Gasteiger partial charge in [-0.15, -0.1) is 0 Å². The number of likely N-dealkylation sites (tertiary alicyclic amines) is 2. The summed E-state index contributed by atoms with van der Waals surface area (Å²) in [5.41, 5.74) is 7.67. The highest BCUT2D eigenvalue weighted by molar-refractivity contribution is 6.01. The molecule has 10 heteroatoms. The van der Waals surface area contributed by atoms with Crippen molar-refractivity contribution in [2.75, 3.05) is 44.2 Å². The molecule has 4 N–H and O–H groups in total. The highest BCUT2D eigenvalue weighted by atomic mass is 16.2. The first kappa shape index (κ1) is 30.0. The summed E-state index contributed by atoms with van der Waals surface area (Å²) >= 11 is 0. The maximum absolute atomic E-state index is 13.8. The molecule has 3 fully saturated rings. The summed E-state index contributed by atoms with van der Waals surface area (Å²) in [5, 5.41) is 6.28. The van der Waals surface area contributed by atoms with Crippen molar-refractivity contribution in [2.24, 2.45) is 17.1 Å². The Morgan fingerprint density at radius 2 is 1.68 bits per heavy atom. The average molecular weight is 555 g/mol. The van der Waals surface area contributed by atoms with Crippen LogP contribution in [0.3, 0.4) is 0 Å². The number of hydrogen-bond acceptors (Lipinski definition) is 7. The normalized spacial score (nSPS) is 22.9. The number of piperazine rings is 1. The van der Waals surface area contributed by atoms with Crippen LogP contribution in [0.15, 0.2) is 24.3 Å². The number of nitrogens with two attached hydrogens (primary N) is 1. The predicted molar refractivity (Wildman–Crippen MR) is 155 cm³/mol. The standard InChI is InChI=1S/C30H46N6O4/c1-19(2)16-23(33-27(38)20-6-8-21(9-7-20)34-14-11-32-12-15-34)29(40)35-13-10-24-26(35)25(37)18-36(24)28(39)22(31)17-30(3,4)5/h6-9,19,22-24,26,32H,10-18,31H2,1-5H3,(H,33,38). The van der Waals surface area contributed by atoms with Crippen molar-refractivity contribution < 1.29 is 19.2 Å². The molecule has 3 aliphatic rings. The molecule has 1 aromatic carbocycles. The van der Waals surface area contributed by atoms with Crippen molar-refractivity contribution in [2.45, 2.75) is 78.0 Å². The number of anilines is 1. The fourth-order valence-corrected chi connectivity index (χ4v) is 6.20. The van der Waals surface area contributed by atoms with Gasteiger partial charge in [-0.3, -0.25) is 19.2 Å². The molecule has 10 nitrogen and oxygen atoms in total. The van der Waals surface area contributed by atoms with Gasteiger partial charge in [-0.05, 0) is 54.9 Å². The van der Waals surface area contributed by atoms with Gasteiger partial charge >= 0.3 is 0 Å². The molecule has 40 heavy (non-hydrogen) atoms. The van der Waals surface area contributed by atoms with Crippen molar-refractivity contribution >= 4 is 29.2 Å². The first-order chi connectivity index (χ1) is 18.9. The Labute approximate surface area is 238 Å². The quantitative estimate of drug-likeness (QED) is 0.443. The lowest BCUT2D eigenvalue weighted by Crippen LogP contribution is -2.53. The highest BCUT2D eigenvalue weighted by Gasteiger charge is 2.52. The van der Waals surface area contributed by atoms with Gasteiger partial charge in [-0.2, -0.15) is 0 Å². The van der Waals surface area contributed by atoms with E-state index in [0.29, 0.717) is 31.4 Å². The average Bonchev–Trinajstić information content (AvgIpc) is 3.48. The van der Waals surface area contributed by atoms with E-state index in [1.807, 2.05) is 46.8 Å². The van der Waals surface area contributed by atoms with E-state index in [4.69, 9.17) is 5.73 Å². The van der Waals surface area contributed by atoms with E-state index < -0.39 is 18.1 Å². The number of carbonyl (C=O) groups excluding carboxylic acids is 4. The zero-order chi connectivity index (χ0) is 29.2. The molecule has 0 aromatic heterocycles. The van der Waals surface area contributed by atoms with Gasteiger partial charge < -0.3 is 31.1 Å². The molecular weight excluding hydrogens is 508 g/mol. The summed E-state index contributed by atoms with van der Waals surface area (Å²) in [6.07, 6.45) is 1.48. The molecule has 220 valence electrons. The number of benzene rings is 1. The molecule has 3 heterocycles. The Morgan fingerprint density at radius 1 is 1.02 bits per heavy atom. The molecule has 0 radical (unpaired) electrons. The van der Waals surface area contributed by atoms with Crippen LogP contribution in [0.2, 0.25) is 0 Å². The molecule has 0 saturated carbocycles. The lowest BCUT2D eigenvalue weighted by atomic mass is 9.88. The van der Waals surface area contributed by atoms with Crippen molar-refractivity contribution in [3.8, 4) is 0 Å². The number of carbonyl (C=O) groups is 4. The van der Waals surface area contributed by atoms with E-state index in [1.165, 1.54) is 0 Å². The molecule has 4 unspecified atom stereocenters. The van der Waals surface area contributed by atoms with Crippen LogP contribution in [0.5, 0.6) is 0 Å². The van der Waals surface area contributed by atoms with Crippen LogP contribution in [-0.4, -0.2) is 96.7 Å². The monoisotopic (exact) mass is 554 g/mol. The second kappa shape index (κ2) is 12.3. The summed E-state index contributed by atoms with van der Waals surface area (Å²) in [4.78, 5) is 58.8. The molecule has 3 aliphatic heterocycles. The van der Waals surface area contributed by atoms with Crippen LogP contribution in [0.1, 0.15) is 64.2 Å². The third-order valence-corrected chi connectivity index (χ3v) is 8.06. The second-order valence-electron chi connectivity index (χ2n) is 13.1. The largest absolute Gasteiger partial charge is 0.369 e. The molecule has 3 saturated heterocycles. The number of ketones is 1. The van der Waals surface area contributed by atoms with Gasteiger partial charge in [-0.25, -0.2) is 0 Å². The number of Topliss-reactive ketones (excluding diaryl/α,β-unsaturated/α-hetero) is 1. The molecule has 4 rings (SSSR count). The van der Waals surface area contributed by atoms with Crippen LogP contribution in [0.4, 0.5) is 5.69 Å². The van der Waals surface area contributed by atoms with Crippen molar-refractivity contribution in [3.05, 3.63) is 29.8 Å². The van der Waals surface area contributed by atoms with E-state index >= 15 is 0 Å². The van der Waals surface area contributed by atoms with Gasteiger partial charge in [-0.1, -0.05) is 34.6 Å². The topological polar surface area (TPSA) is 128 Å². The zero-order valence-corrected chi connectivity index (χ0v) is 24.6. The Kier molecular flexibility index (Phi) is 9.19. The lowest BCUT2D eigenvalue weighted by Gasteiger charge is -2.30. The van der Waals surface area contributed by atoms with E-state index in [-0.39, 0.29) is 47.4 Å². The van der Waals surface area contributed by atoms with Crippen LogP contribution >= 0.6 is 0 Å². The third kappa shape index (κ3) is 6.83. The number of amides is 3. The number of nitrogens with zero attached hydrogens (tertiary/aromatic N) is 3. The fourth-order valence-electron chi connectivity index (χ4n) is 6.20. The predicted octanol–water partition coefficient (Wildman–Crippen LogP) is 1.39. The summed E-state index contributed by atoms with van der Waals surface area (Å²) < 4.78 is 0. The van der Waals surface area contributed by atoms with E-state index in [2.05, 4.69) is 15.5 Å². The third-order valence-electron chi connectivity index (χ3n) is 8.06. The number of fused-ring (bicyclic) bond motifs is 1. The fraction of sp³-hybridized carbons (Fsp3) is 0.667. The minimum atomic E-state index is -0.764. The van der Waals surface area contributed by atoms with Crippen molar-refractivity contribution in [3.63, 3.8) is 0 Å². The van der Waals surface area contributed by atoms with E-state index in [0.717, 1.165) is 31.9 Å². The van der Waals surface area contributed by atoms with E-state index in [9.17, 15) is 19.2 Å². The van der Waals surface area contributed by atoms with Gasteiger partial charge in [0.25, 0.3) is 5.91 Å². The van der Waals surface area contributed by atoms with Crippen LogP contribution < -0.4 is 21.3 Å². The Morgan fingerprint density at radius 3 is 2.27 bits per heavy atom. The lowest BCUT2D eigenvalue weighted by molar-refractivity contribution is -0.138. The van der Waals surface area contributed by atoms with Crippen molar-refractivity contribution in [1.29, 1.82) is 0 Å². The highest BCUT2D eigenvalue weighted by Crippen LogP contribution is 2.32. The number of rotatable bonds is 8. The summed E-state index contributed by atoms with van der Waals surface area (Å²) in [6.45, 7) is 14.1. The first-order valence-corrected chi connectivity index (χ1v) is 14.6. The maximum Gasteiger partial charge on any atom is 0.251 e. The van der Waals surface area contributed by atoms with Gasteiger partial charge in [0, 0.05) is 44.0 Å². The van der Waals surface area contributed by atoms with Gasteiger partial charge in [0.05, 0.1) is 18.6 Å². The minimum absolute atomic E-state index is 0.0313. The molecule has 0 spiro atoms. The van der Waals surface area contributed by atoms with Crippen LogP contribution in [-0.2, 0) is 14.4 Å². The Balaban J connectivity index is 1.44. The minimum Gasteiger partial charge on any atom is -0.369 e. The van der Waals surface area contributed by atoms with E-state index in [1.54, 1.807) is 21.9 Å². The summed E-state index contributed by atoms with van der Waals surface area (Å²) in [7, 11) is 0. The molecule has 3 amide bonds. The molecular formula is C30H46N6O4. The van der Waals surface area contributed by atoms with Gasteiger partial charge in [0.1, 0.15) is 12.1 Å². The summed E-state index contributed by atoms with van der Waals surface area (Å²) in [5.74, 6) is -0.819. The Hall–Kier alpha value is -2.98. The van der Waals surface area contributed by atoms with Crippen molar-refractivity contribution in [1.82, 2.24) is 20.4 Å². The van der Waals surface area contributed by atoms with Gasteiger partial charge in [0.2, 0.25) is 11.8 Å². The number of hydrogen-bond donors (Lipinski definition) is 3. The zero-order valence-electron chi connectivity index (χ0n) is 24.6. The first-order valence-electron chi connectivity index (χ1n) is 14.6. The molecule has 1 aromatic rings.